The Morgan fingerprint density at radius 2 is 2.05 bits per heavy atom. The zero-order valence-electron chi connectivity index (χ0n) is 10.2. The highest BCUT2D eigenvalue weighted by molar-refractivity contribution is 9.10. The number of benzene rings is 1. The number of methoxy groups -OCH3 is 2. The highest BCUT2D eigenvalue weighted by atomic mass is 79.9. The molecule has 0 atom stereocenters. The number of carboxylic acids is 1. The topological polar surface area (TPSA) is 84.4 Å². The van der Waals surface area contributed by atoms with Crippen molar-refractivity contribution >= 4 is 21.9 Å². The van der Waals surface area contributed by atoms with Crippen LogP contribution in [0.5, 0.6) is 11.5 Å². The van der Waals surface area contributed by atoms with Gasteiger partial charge in [-0.25, -0.2) is 4.79 Å². The number of aromatic amines is 1. The molecule has 2 aromatic rings. The molecule has 0 aliphatic rings. The number of aromatic nitrogens is 2. The Morgan fingerprint density at radius 3 is 2.58 bits per heavy atom. The predicted octanol–water partition coefficient (Wildman–Crippen LogP) is 2.55. The zero-order valence-corrected chi connectivity index (χ0v) is 11.8. The van der Waals surface area contributed by atoms with Crippen LogP contribution in [0.1, 0.15) is 10.5 Å². The smallest absolute Gasteiger partial charge is 0.353 e. The second kappa shape index (κ2) is 5.31. The summed E-state index contributed by atoms with van der Waals surface area (Å²) in [4.78, 5) is 10.8. The molecule has 1 aromatic heterocycles. The highest BCUT2D eigenvalue weighted by Crippen LogP contribution is 2.39. The van der Waals surface area contributed by atoms with Crippen LogP contribution in [0.2, 0.25) is 0 Å². The fourth-order valence-electron chi connectivity index (χ4n) is 1.64. The summed E-state index contributed by atoms with van der Waals surface area (Å²) < 4.78 is 11.1. The summed E-state index contributed by atoms with van der Waals surface area (Å²) in [5.41, 5.74) is 1.26. The molecule has 100 valence electrons. The predicted molar refractivity (Wildman–Crippen MR) is 71.8 cm³/mol. The molecule has 6 nitrogen and oxygen atoms in total. The second-order valence-corrected chi connectivity index (χ2v) is 4.52. The third-order valence-corrected chi connectivity index (χ3v) is 3.13. The molecule has 0 amide bonds. The quantitative estimate of drug-likeness (QED) is 0.901. The molecule has 19 heavy (non-hydrogen) atoms. The summed E-state index contributed by atoms with van der Waals surface area (Å²) in [5.74, 6) is 0.0466. The van der Waals surface area contributed by atoms with Crippen molar-refractivity contribution in [2.24, 2.45) is 0 Å². The molecular formula is C12H11BrN2O4. The molecule has 0 spiro atoms. The van der Waals surface area contributed by atoms with Gasteiger partial charge < -0.3 is 14.6 Å². The van der Waals surface area contributed by atoms with E-state index >= 15 is 0 Å². The first-order chi connectivity index (χ1) is 9.06. The molecule has 0 saturated heterocycles. The molecule has 0 aliphatic carbocycles. The lowest BCUT2D eigenvalue weighted by molar-refractivity contribution is 0.0690. The molecule has 2 N–H and O–H groups in total. The molecule has 0 fully saturated rings. The maximum atomic E-state index is 10.8. The van der Waals surface area contributed by atoms with E-state index in [1.807, 2.05) is 0 Å². The Labute approximate surface area is 117 Å². The normalized spacial score (nSPS) is 10.3. The van der Waals surface area contributed by atoms with E-state index in [-0.39, 0.29) is 5.69 Å². The molecule has 1 heterocycles. The number of ether oxygens (including phenoxy) is 2. The van der Waals surface area contributed by atoms with Gasteiger partial charge in [0.2, 0.25) is 0 Å². The molecule has 0 radical (unpaired) electrons. The van der Waals surface area contributed by atoms with Gasteiger partial charge >= 0.3 is 5.97 Å². The fraction of sp³-hybridized carbons (Fsp3) is 0.167. The van der Waals surface area contributed by atoms with E-state index in [0.29, 0.717) is 27.2 Å². The lowest BCUT2D eigenvalue weighted by Gasteiger charge is -2.10. The zero-order chi connectivity index (χ0) is 14.0. The summed E-state index contributed by atoms with van der Waals surface area (Å²) in [6.07, 6.45) is 0. The van der Waals surface area contributed by atoms with Gasteiger partial charge in [0.25, 0.3) is 0 Å². The van der Waals surface area contributed by atoms with Crippen LogP contribution < -0.4 is 9.47 Å². The van der Waals surface area contributed by atoms with Crippen LogP contribution in [0, 0.1) is 0 Å². The first-order valence-corrected chi connectivity index (χ1v) is 6.06. The number of hydrogen-bond acceptors (Lipinski definition) is 4. The minimum absolute atomic E-state index is 0.0286. The van der Waals surface area contributed by atoms with Gasteiger partial charge in [-0.1, -0.05) is 0 Å². The molecule has 0 bridgehead atoms. The molecule has 0 saturated carbocycles. The van der Waals surface area contributed by atoms with Gasteiger partial charge in [0.15, 0.2) is 11.5 Å². The van der Waals surface area contributed by atoms with Crippen LogP contribution in [0.25, 0.3) is 11.3 Å². The fourth-order valence-corrected chi connectivity index (χ4v) is 2.25. The Balaban J connectivity index is 2.50. The summed E-state index contributed by atoms with van der Waals surface area (Å²) in [5, 5.41) is 15.3. The molecule has 0 aliphatic heterocycles. The number of H-pyrrole nitrogens is 1. The van der Waals surface area contributed by atoms with Crippen LogP contribution in [0.3, 0.4) is 0 Å². The number of aromatic carboxylic acids is 1. The Kier molecular flexibility index (Phi) is 3.75. The molecule has 1 aromatic carbocycles. The summed E-state index contributed by atoms with van der Waals surface area (Å²) in [6.45, 7) is 0. The standard InChI is InChI=1S/C12H11BrN2O4/c1-18-10-4-6(3-7(13)11(10)19-2)8-5-9(12(16)17)15-14-8/h3-5H,1-2H3,(H,14,15)(H,16,17). The molecular weight excluding hydrogens is 316 g/mol. The summed E-state index contributed by atoms with van der Waals surface area (Å²) in [6, 6.07) is 4.96. The van der Waals surface area contributed by atoms with Crippen LogP contribution in [0.4, 0.5) is 0 Å². The van der Waals surface area contributed by atoms with Crippen molar-refractivity contribution in [2.75, 3.05) is 14.2 Å². The third-order valence-electron chi connectivity index (χ3n) is 2.54. The van der Waals surface area contributed by atoms with Crippen molar-refractivity contribution in [1.82, 2.24) is 10.2 Å². The minimum Gasteiger partial charge on any atom is -0.493 e. The van der Waals surface area contributed by atoms with Gasteiger partial charge in [-0.3, -0.25) is 5.10 Å². The summed E-state index contributed by atoms with van der Waals surface area (Å²) >= 11 is 3.37. The Morgan fingerprint density at radius 1 is 1.32 bits per heavy atom. The monoisotopic (exact) mass is 326 g/mol. The maximum absolute atomic E-state index is 10.8. The second-order valence-electron chi connectivity index (χ2n) is 3.67. The number of carboxylic acid groups (broad SMARTS) is 1. The van der Waals surface area contributed by atoms with Crippen molar-refractivity contribution < 1.29 is 19.4 Å². The van der Waals surface area contributed by atoms with Crippen LogP contribution in [-0.4, -0.2) is 35.5 Å². The van der Waals surface area contributed by atoms with Gasteiger partial charge in [0.1, 0.15) is 5.69 Å². The van der Waals surface area contributed by atoms with Crippen molar-refractivity contribution in [3.8, 4) is 22.8 Å². The first-order valence-electron chi connectivity index (χ1n) is 5.27. The average molecular weight is 327 g/mol. The lowest BCUT2D eigenvalue weighted by Crippen LogP contribution is -1.95. The van der Waals surface area contributed by atoms with E-state index in [0.717, 1.165) is 0 Å². The van der Waals surface area contributed by atoms with Crippen molar-refractivity contribution in [1.29, 1.82) is 0 Å². The number of carbonyl (C=O) groups is 1. The number of hydrogen-bond donors (Lipinski definition) is 2. The van der Waals surface area contributed by atoms with Gasteiger partial charge in [0.05, 0.1) is 24.4 Å². The average Bonchev–Trinajstić information content (AvgIpc) is 2.87. The third kappa shape index (κ3) is 2.55. The van der Waals surface area contributed by atoms with Crippen molar-refractivity contribution in [2.45, 2.75) is 0 Å². The van der Waals surface area contributed by atoms with Gasteiger partial charge in [-0.15, -0.1) is 0 Å². The van der Waals surface area contributed by atoms with Crippen LogP contribution in [-0.2, 0) is 0 Å². The van der Waals surface area contributed by atoms with Crippen LogP contribution >= 0.6 is 15.9 Å². The van der Waals surface area contributed by atoms with Crippen molar-refractivity contribution in [3.05, 3.63) is 28.4 Å². The lowest BCUT2D eigenvalue weighted by atomic mass is 10.1. The van der Waals surface area contributed by atoms with E-state index in [2.05, 4.69) is 26.1 Å². The van der Waals surface area contributed by atoms with Crippen LogP contribution in [0.15, 0.2) is 22.7 Å². The van der Waals surface area contributed by atoms with E-state index < -0.39 is 5.97 Å². The Hall–Kier alpha value is -2.02. The molecule has 7 heteroatoms. The minimum atomic E-state index is -1.06. The first kappa shape index (κ1) is 13.4. The molecule has 2 rings (SSSR count). The maximum Gasteiger partial charge on any atom is 0.353 e. The number of rotatable bonds is 4. The summed E-state index contributed by atoms with van der Waals surface area (Å²) in [7, 11) is 3.07. The van der Waals surface area contributed by atoms with Crippen molar-refractivity contribution in [3.63, 3.8) is 0 Å². The number of nitrogens with zero attached hydrogens (tertiary/aromatic N) is 1. The highest BCUT2D eigenvalue weighted by Gasteiger charge is 2.14. The molecule has 0 unspecified atom stereocenters. The number of nitrogens with one attached hydrogen (secondary N) is 1. The van der Waals surface area contributed by atoms with Gasteiger partial charge in [-0.05, 0) is 34.1 Å². The number of halogens is 1. The van der Waals surface area contributed by atoms with E-state index in [1.54, 1.807) is 19.2 Å². The van der Waals surface area contributed by atoms with Gasteiger partial charge in [0, 0.05) is 5.56 Å². The van der Waals surface area contributed by atoms with E-state index in [4.69, 9.17) is 14.6 Å². The SMILES string of the molecule is COc1cc(-c2cc(C(=O)O)[nH]n2)cc(Br)c1OC. The van der Waals surface area contributed by atoms with E-state index in [1.165, 1.54) is 13.2 Å². The van der Waals surface area contributed by atoms with E-state index in [9.17, 15) is 4.79 Å². The van der Waals surface area contributed by atoms with Gasteiger partial charge in [-0.2, -0.15) is 5.10 Å². The Bertz CT molecular complexity index is 624. The largest absolute Gasteiger partial charge is 0.493 e.